The van der Waals surface area contributed by atoms with Crippen LogP contribution in [0.3, 0.4) is 0 Å². The summed E-state index contributed by atoms with van der Waals surface area (Å²) < 4.78 is 13.1. The van der Waals surface area contributed by atoms with E-state index in [0.717, 1.165) is 24.2 Å². The molecule has 0 aromatic heterocycles. The van der Waals surface area contributed by atoms with Crippen molar-refractivity contribution in [3.63, 3.8) is 0 Å². The zero-order valence-electron chi connectivity index (χ0n) is 15.6. The summed E-state index contributed by atoms with van der Waals surface area (Å²) in [6.45, 7) is 6.41. The van der Waals surface area contributed by atoms with E-state index in [0.29, 0.717) is 11.6 Å². The number of hydrogen-bond donors (Lipinski definition) is 0. The fourth-order valence-electron chi connectivity index (χ4n) is 3.39. The van der Waals surface area contributed by atoms with Crippen LogP contribution in [0.2, 0.25) is 5.02 Å². The van der Waals surface area contributed by atoms with Gasteiger partial charge in [0.05, 0.1) is 0 Å². The van der Waals surface area contributed by atoms with Crippen molar-refractivity contribution in [3.8, 4) is 0 Å². The van der Waals surface area contributed by atoms with E-state index in [4.69, 9.17) is 11.6 Å². The first kappa shape index (κ1) is 19.6. The van der Waals surface area contributed by atoms with Crippen LogP contribution in [0.5, 0.6) is 0 Å². The fourth-order valence-corrected chi connectivity index (χ4v) is 3.51. The molecule has 5 heteroatoms. The van der Waals surface area contributed by atoms with Crippen LogP contribution in [-0.2, 0) is 11.3 Å². The third-order valence-electron chi connectivity index (χ3n) is 4.99. The van der Waals surface area contributed by atoms with Crippen molar-refractivity contribution in [2.75, 3.05) is 13.1 Å². The minimum atomic E-state index is -0.219. The Balaban J connectivity index is 1.61. The minimum Gasteiger partial charge on any atom is -0.334 e. The highest BCUT2D eigenvalue weighted by molar-refractivity contribution is 6.30. The average molecular weight is 387 g/mol. The van der Waals surface area contributed by atoms with Gasteiger partial charge in [0.2, 0.25) is 5.91 Å². The van der Waals surface area contributed by atoms with Crippen molar-refractivity contribution < 1.29 is 9.18 Å². The molecule has 1 saturated heterocycles. The van der Waals surface area contributed by atoms with Gasteiger partial charge in [-0.15, -0.1) is 0 Å². The van der Waals surface area contributed by atoms with Crippen LogP contribution in [0.1, 0.15) is 25.0 Å². The first-order chi connectivity index (χ1) is 12.9. The molecule has 1 fully saturated rings. The number of halogens is 2. The lowest BCUT2D eigenvalue weighted by molar-refractivity contribution is -0.131. The number of nitrogens with zero attached hydrogens (tertiary/aromatic N) is 2. The van der Waals surface area contributed by atoms with Gasteiger partial charge in [-0.3, -0.25) is 9.69 Å². The van der Waals surface area contributed by atoms with Crippen molar-refractivity contribution in [1.82, 2.24) is 9.80 Å². The van der Waals surface area contributed by atoms with E-state index in [1.165, 1.54) is 12.1 Å². The first-order valence-electron chi connectivity index (χ1n) is 9.15. The Kier molecular flexibility index (Phi) is 6.30. The zero-order valence-corrected chi connectivity index (χ0v) is 16.4. The molecule has 0 N–H and O–H groups in total. The van der Waals surface area contributed by atoms with Gasteiger partial charge in [0.25, 0.3) is 0 Å². The van der Waals surface area contributed by atoms with Crippen LogP contribution in [0, 0.1) is 5.82 Å². The third-order valence-corrected chi connectivity index (χ3v) is 5.24. The molecule has 0 unspecified atom stereocenters. The van der Waals surface area contributed by atoms with Crippen molar-refractivity contribution in [2.24, 2.45) is 0 Å². The first-order valence-corrected chi connectivity index (χ1v) is 9.53. The largest absolute Gasteiger partial charge is 0.334 e. The van der Waals surface area contributed by atoms with Crippen LogP contribution < -0.4 is 0 Å². The smallest absolute Gasteiger partial charge is 0.246 e. The van der Waals surface area contributed by atoms with Gasteiger partial charge in [0, 0.05) is 42.8 Å². The Morgan fingerprint density at radius 1 is 1.07 bits per heavy atom. The minimum absolute atomic E-state index is 0.0192. The molecule has 3 nitrogen and oxygen atoms in total. The molecule has 1 aliphatic heterocycles. The molecule has 1 amide bonds. The highest BCUT2D eigenvalue weighted by Gasteiger charge is 2.30. The molecule has 0 bridgehead atoms. The van der Waals surface area contributed by atoms with E-state index in [2.05, 4.69) is 18.7 Å². The number of carbonyl (C=O) groups excluding carboxylic acids is 1. The predicted molar refractivity (Wildman–Crippen MR) is 108 cm³/mol. The number of rotatable bonds is 4. The van der Waals surface area contributed by atoms with E-state index in [1.54, 1.807) is 6.08 Å². The molecule has 0 spiro atoms. The second-order valence-electron chi connectivity index (χ2n) is 7.13. The quantitative estimate of drug-likeness (QED) is 0.716. The van der Waals surface area contributed by atoms with Crippen LogP contribution in [-0.4, -0.2) is 40.9 Å². The molecule has 2 aromatic rings. The molecule has 2 atom stereocenters. The summed E-state index contributed by atoms with van der Waals surface area (Å²) >= 11 is 5.89. The summed E-state index contributed by atoms with van der Waals surface area (Å²) in [5, 5.41) is 0.679. The van der Waals surface area contributed by atoms with Gasteiger partial charge in [-0.25, -0.2) is 4.39 Å². The Bertz CT molecular complexity index is 804. The SMILES string of the molecule is C[C@@H]1CN(C(=O)/C=C/c2ccc(Cl)cc2)[C@H](C)CN1Cc1ccc(F)cc1. The maximum Gasteiger partial charge on any atom is 0.246 e. The summed E-state index contributed by atoms with van der Waals surface area (Å²) in [4.78, 5) is 16.9. The monoisotopic (exact) mass is 386 g/mol. The van der Waals surface area contributed by atoms with Gasteiger partial charge >= 0.3 is 0 Å². The van der Waals surface area contributed by atoms with Gasteiger partial charge in [-0.1, -0.05) is 35.9 Å². The molecule has 3 rings (SSSR count). The lowest BCUT2D eigenvalue weighted by Gasteiger charge is -2.44. The maximum absolute atomic E-state index is 13.1. The van der Waals surface area contributed by atoms with Gasteiger partial charge in [0.15, 0.2) is 0 Å². The lowest BCUT2D eigenvalue weighted by Crippen LogP contribution is -2.57. The van der Waals surface area contributed by atoms with Gasteiger partial charge in [-0.05, 0) is 55.3 Å². The zero-order chi connectivity index (χ0) is 19.4. The normalized spacial score (nSPS) is 21.0. The molecular formula is C22H24ClFN2O. The Hall–Kier alpha value is -2.17. The second-order valence-corrected chi connectivity index (χ2v) is 7.57. The van der Waals surface area contributed by atoms with E-state index in [9.17, 15) is 9.18 Å². The molecule has 1 aliphatic rings. The number of amides is 1. The lowest BCUT2D eigenvalue weighted by atomic mass is 10.1. The van der Waals surface area contributed by atoms with Crippen molar-refractivity contribution in [1.29, 1.82) is 0 Å². The van der Waals surface area contributed by atoms with E-state index in [1.807, 2.05) is 47.4 Å². The summed E-state index contributed by atoms with van der Waals surface area (Å²) in [6.07, 6.45) is 3.45. The van der Waals surface area contributed by atoms with E-state index >= 15 is 0 Å². The summed E-state index contributed by atoms with van der Waals surface area (Å²) in [5.41, 5.74) is 2.03. The van der Waals surface area contributed by atoms with Crippen LogP contribution in [0.15, 0.2) is 54.6 Å². The molecule has 0 saturated carbocycles. The number of piperazine rings is 1. The Morgan fingerprint density at radius 3 is 2.41 bits per heavy atom. The molecule has 2 aromatic carbocycles. The van der Waals surface area contributed by atoms with Crippen molar-refractivity contribution >= 4 is 23.6 Å². The molecular weight excluding hydrogens is 363 g/mol. The van der Waals surface area contributed by atoms with E-state index in [-0.39, 0.29) is 23.8 Å². The van der Waals surface area contributed by atoms with Crippen LogP contribution in [0.25, 0.3) is 6.08 Å². The summed E-state index contributed by atoms with van der Waals surface area (Å²) in [7, 11) is 0. The highest BCUT2D eigenvalue weighted by Crippen LogP contribution is 2.19. The third kappa shape index (κ3) is 5.18. The average Bonchev–Trinajstić information content (AvgIpc) is 2.65. The molecule has 1 heterocycles. The topological polar surface area (TPSA) is 23.6 Å². The van der Waals surface area contributed by atoms with Gasteiger partial charge < -0.3 is 4.90 Å². The van der Waals surface area contributed by atoms with Crippen LogP contribution >= 0.6 is 11.6 Å². The molecule has 0 radical (unpaired) electrons. The molecule has 27 heavy (non-hydrogen) atoms. The predicted octanol–water partition coefficient (Wildman–Crippen LogP) is 4.61. The second kappa shape index (κ2) is 8.68. The standard InChI is InChI=1S/C22H24ClFN2O/c1-16-14-26(22(27)12-7-18-3-8-20(23)9-4-18)17(2)13-25(16)15-19-5-10-21(24)11-6-19/h3-12,16-17H,13-15H2,1-2H3/b12-7+/t16-,17-/m1/s1. The van der Waals surface area contributed by atoms with Crippen molar-refractivity contribution in [3.05, 3.63) is 76.6 Å². The summed E-state index contributed by atoms with van der Waals surface area (Å²) in [6, 6.07) is 14.4. The van der Waals surface area contributed by atoms with Crippen LogP contribution in [0.4, 0.5) is 4.39 Å². The van der Waals surface area contributed by atoms with Gasteiger partial charge in [-0.2, -0.15) is 0 Å². The van der Waals surface area contributed by atoms with Gasteiger partial charge in [0.1, 0.15) is 5.82 Å². The Labute approximate surface area is 165 Å². The number of carbonyl (C=O) groups is 1. The molecule has 0 aliphatic carbocycles. The number of hydrogen-bond acceptors (Lipinski definition) is 2. The molecule has 142 valence electrons. The maximum atomic E-state index is 13.1. The number of benzene rings is 2. The fraction of sp³-hybridized carbons (Fsp3) is 0.318. The van der Waals surface area contributed by atoms with E-state index < -0.39 is 0 Å². The Morgan fingerprint density at radius 2 is 1.74 bits per heavy atom. The summed E-state index contributed by atoms with van der Waals surface area (Å²) in [5.74, 6) is -0.200. The van der Waals surface area contributed by atoms with Crippen molar-refractivity contribution in [2.45, 2.75) is 32.5 Å². The highest BCUT2D eigenvalue weighted by atomic mass is 35.5.